The Labute approximate surface area is 85.9 Å². The molecule has 13 heavy (non-hydrogen) atoms. The molecule has 0 amide bonds. The maximum atomic E-state index is 5.28. The van der Waals surface area contributed by atoms with Crippen LogP contribution >= 0.6 is 0 Å². The summed E-state index contributed by atoms with van der Waals surface area (Å²) < 4.78 is 5.28. The molecule has 0 N–H and O–H groups in total. The van der Waals surface area contributed by atoms with Crippen LogP contribution in [0.4, 0.5) is 0 Å². The van der Waals surface area contributed by atoms with Gasteiger partial charge in [0.25, 0.3) is 0 Å². The monoisotopic (exact) mass is 190 g/mol. The van der Waals surface area contributed by atoms with Crippen LogP contribution in [0.2, 0.25) is 0 Å². The number of hydrogen-bond acceptors (Lipinski definition) is 1. The summed E-state index contributed by atoms with van der Waals surface area (Å²) in [6.45, 7) is 15.1. The van der Waals surface area contributed by atoms with Gasteiger partial charge in [-0.1, -0.05) is 41.5 Å². The summed E-state index contributed by atoms with van der Waals surface area (Å²) in [5, 5.41) is 0. The van der Waals surface area contributed by atoms with E-state index in [1.807, 2.05) is 41.5 Å². The van der Waals surface area contributed by atoms with Crippen molar-refractivity contribution in [2.24, 2.45) is 0 Å². The summed E-state index contributed by atoms with van der Waals surface area (Å²) in [4.78, 5) is 0. The van der Waals surface area contributed by atoms with Crippen molar-refractivity contribution in [1.29, 1.82) is 0 Å². The Morgan fingerprint density at radius 3 is 1.46 bits per heavy atom. The Morgan fingerprint density at radius 1 is 0.846 bits per heavy atom. The Kier molecular flexibility index (Phi) is 32.6. The van der Waals surface area contributed by atoms with Gasteiger partial charge in [-0.25, -0.2) is 0 Å². The van der Waals surface area contributed by atoms with Crippen molar-refractivity contribution in [3.05, 3.63) is 0 Å². The lowest BCUT2D eigenvalue weighted by atomic mass is 10.1. The van der Waals surface area contributed by atoms with Gasteiger partial charge in [0.15, 0.2) is 0 Å². The molecule has 0 aromatic rings. The SMILES string of the molecule is CC.CC.CC.CC1CCCCO1. The van der Waals surface area contributed by atoms with Crippen LogP contribution in [0.15, 0.2) is 0 Å². The molecular formula is C12H30O. The first-order valence-electron chi connectivity index (χ1n) is 6.01. The van der Waals surface area contributed by atoms with Gasteiger partial charge in [0, 0.05) is 6.61 Å². The van der Waals surface area contributed by atoms with Crippen LogP contribution < -0.4 is 0 Å². The second-order valence-corrected chi connectivity index (χ2v) is 2.18. The minimum absolute atomic E-state index is 0.536. The molecule has 1 saturated heterocycles. The fourth-order valence-electron chi connectivity index (χ4n) is 0.902. The van der Waals surface area contributed by atoms with E-state index in [0.29, 0.717) is 6.10 Å². The highest BCUT2D eigenvalue weighted by atomic mass is 16.5. The van der Waals surface area contributed by atoms with Crippen LogP contribution in [0.5, 0.6) is 0 Å². The van der Waals surface area contributed by atoms with Crippen LogP contribution in [0.1, 0.15) is 67.7 Å². The van der Waals surface area contributed by atoms with Crippen molar-refractivity contribution < 1.29 is 4.74 Å². The maximum absolute atomic E-state index is 5.28. The van der Waals surface area contributed by atoms with E-state index in [9.17, 15) is 0 Å². The van der Waals surface area contributed by atoms with E-state index >= 15 is 0 Å². The molecule has 84 valence electrons. The van der Waals surface area contributed by atoms with Gasteiger partial charge in [-0.05, 0) is 26.2 Å². The van der Waals surface area contributed by atoms with E-state index in [4.69, 9.17) is 4.74 Å². The Morgan fingerprint density at radius 2 is 1.31 bits per heavy atom. The fourth-order valence-corrected chi connectivity index (χ4v) is 0.902. The van der Waals surface area contributed by atoms with Gasteiger partial charge < -0.3 is 4.74 Å². The molecule has 1 aliphatic rings. The van der Waals surface area contributed by atoms with Crippen molar-refractivity contribution in [2.75, 3.05) is 6.61 Å². The van der Waals surface area contributed by atoms with Crippen LogP contribution in [0, 0.1) is 0 Å². The predicted octanol–water partition coefficient (Wildman–Crippen LogP) is 4.65. The smallest absolute Gasteiger partial charge is 0.0547 e. The molecule has 1 rings (SSSR count). The molecule has 0 bridgehead atoms. The first-order valence-corrected chi connectivity index (χ1v) is 6.01. The first-order chi connectivity index (χ1) is 6.39. The third-order valence-electron chi connectivity index (χ3n) is 1.41. The van der Waals surface area contributed by atoms with Crippen LogP contribution in [0.3, 0.4) is 0 Å². The molecule has 1 heteroatoms. The highest BCUT2D eigenvalue weighted by Gasteiger charge is 2.05. The highest BCUT2D eigenvalue weighted by Crippen LogP contribution is 2.10. The minimum Gasteiger partial charge on any atom is -0.379 e. The maximum Gasteiger partial charge on any atom is 0.0547 e. The number of hydrogen-bond donors (Lipinski definition) is 0. The van der Waals surface area contributed by atoms with Crippen LogP contribution in [0.25, 0.3) is 0 Å². The van der Waals surface area contributed by atoms with Crippen molar-refractivity contribution in [3.63, 3.8) is 0 Å². The Balaban J connectivity index is -0.000000144. The summed E-state index contributed by atoms with van der Waals surface area (Å²) in [6, 6.07) is 0. The summed E-state index contributed by atoms with van der Waals surface area (Å²) in [6.07, 6.45) is 4.43. The van der Waals surface area contributed by atoms with Crippen molar-refractivity contribution in [3.8, 4) is 0 Å². The second-order valence-electron chi connectivity index (χ2n) is 2.18. The second kappa shape index (κ2) is 22.7. The molecule has 0 spiro atoms. The number of ether oxygens (including phenoxy) is 1. The lowest BCUT2D eigenvalue weighted by Gasteiger charge is -2.17. The van der Waals surface area contributed by atoms with Gasteiger partial charge in [0.2, 0.25) is 0 Å². The first kappa shape index (κ1) is 18.7. The highest BCUT2D eigenvalue weighted by molar-refractivity contribution is 4.55. The predicted molar refractivity (Wildman–Crippen MR) is 63.3 cm³/mol. The summed E-state index contributed by atoms with van der Waals surface area (Å²) in [5.41, 5.74) is 0. The summed E-state index contributed by atoms with van der Waals surface area (Å²) in [7, 11) is 0. The number of rotatable bonds is 0. The molecule has 1 nitrogen and oxygen atoms in total. The van der Waals surface area contributed by atoms with Gasteiger partial charge >= 0.3 is 0 Å². The van der Waals surface area contributed by atoms with Gasteiger partial charge in [-0.3, -0.25) is 0 Å². The van der Waals surface area contributed by atoms with E-state index in [0.717, 1.165) is 6.61 Å². The Bertz CT molecular complexity index is 47.1. The molecule has 0 radical (unpaired) electrons. The quantitative estimate of drug-likeness (QED) is 0.540. The molecule has 1 atom stereocenters. The summed E-state index contributed by atoms with van der Waals surface area (Å²) >= 11 is 0. The molecule has 1 fully saturated rings. The molecule has 1 unspecified atom stereocenters. The van der Waals surface area contributed by atoms with E-state index in [1.165, 1.54) is 19.3 Å². The van der Waals surface area contributed by atoms with Gasteiger partial charge in [0.1, 0.15) is 0 Å². The molecule has 0 aliphatic carbocycles. The van der Waals surface area contributed by atoms with Gasteiger partial charge in [-0.15, -0.1) is 0 Å². The minimum atomic E-state index is 0.536. The van der Waals surface area contributed by atoms with Crippen LogP contribution in [-0.2, 0) is 4.74 Å². The molecule has 0 aromatic heterocycles. The zero-order valence-corrected chi connectivity index (χ0v) is 10.8. The van der Waals surface area contributed by atoms with E-state index in [-0.39, 0.29) is 0 Å². The zero-order chi connectivity index (χ0) is 11.1. The molecule has 0 aromatic carbocycles. The fraction of sp³-hybridized carbons (Fsp3) is 1.00. The Hall–Kier alpha value is -0.0400. The molecule has 1 heterocycles. The molecule has 1 aliphatic heterocycles. The third kappa shape index (κ3) is 18.7. The normalized spacial score (nSPS) is 19.2. The third-order valence-corrected chi connectivity index (χ3v) is 1.41. The molecular weight excluding hydrogens is 160 g/mol. The average molecular weight is 190 g/mol. The van der Waals surface area contributed by atoms with Crippen molar-refractivity contribution in [1.82, 2.24) is 0 Å². The van der Waals surface area contributed by atoms with E-state index in [1.54, 1.807) is 0 Å². The van der Waals surface area contributed by atoms with E-state index < -0.39 is 0 Å². The van der Waals surface area contributed by atoms with Gasteiger partial charge in [0.05, 0.1) is 6.10 Å². The summed E-state index contributed by atoms with van der Waals surface area (Å²) in [5.74, 6) is 0. The lowest BCUT2D eigenvalue weighted by molar-refractivity contribution is 0.0285. The topological polar surface area (TPSA) is 9.23 Å². The lowest BCUT2D eigenvalue weighted by Crippen LogP contribution is -2.14. The van der Waals surface area contributed by atoms with Crippen molar-refractivity contribution in [2.45, 2.75) is 73.8 Å². The van der Waals surface area contributed by atoms with Gasteiger partial charge in [-0.2, -0.15) is 0 Å². The largest absolute Gasteiger partial charge is 0.379 e. The van der Waals surface area contributed by atoms with Crippen molar-refractivity contribution >= 4 is 0 Å². The van der Waals surface area contributed by atoms with E-state index in [2.05, 4.69) is 6.92 Å². The average Bonchev–Trinajstić information content (AvgIpc) is 2.28. The van der Waals surface area contributed by atoms with Crippen LogP contribution in [-0.4, -0.2) is 12.7 Å². The molecule has 0 saturated carbocycles. The zero-order valence-electron chi connectivity index (χ0n) is 10.8. The standard InChI is InChI=1S/C6H12O.3C2H6/c1-6-4-2-3-5-7-6;3*1-2/h6H,2-5H2,1H3;3*1-2H3.